The molecule has 1 aromatic heterocycles. The lowest BCUT2D eigenvalue weighted by atomic mass is 10.1. The zero-order chi connectivity index (χ0) is 14.6. The molecule has 1 N–H and O–H groups in total. The third kappa shape index (κ3) is 3.85. The number of piperidine rings is 1. The maximum absolute atomic E-state index is 12.7. The van der Waals surface area contributed by atoms with E-state index in [4.69, 9.17) is 0 Å². The molecule has 0 bridgehead atoms. The van der Waals surface area contributed by atoms with E-state index >= 15 is 0 Å². The number of rotatable bonds is 4. The molecule has 3 nitrogen and oxygen atoms in total. The Morgan fingerprint density at radius 3 is 2.95 bits per heavy atom. The molecule has 2 rings (SSSR count). The Morgan fingerprint density at radius 2 is 2.25 bits per heavy atom. The number of anilines is 1. The average Bonchev–Trinajstić information content (AvgIpc) is 2.45. The van der Waals surface area contributed by atoms with Crippen molar-refractivity contribution in [3.8, 4) is 0 Å². The van der Waals surface area contributed by atoms with Crippen molar-refractivity contribution < 1.29 is 13.2 Å². The van der Waals surface area contributed by atoms with Gasteiger partial charge in [-0.3, -0.25) is 0 Å². The van der Waals surface area contributed by atoms with Crippen molar-refractivity contribution in [3.63, 3.8) is 0 Å². The first-order valence-electron chi connectivity index (χ1n) is 7.02. The van der Waals surface area contributed by atoms with E-state index < -0.39 is 11.7 Å². The molecule has 0 aliphatic carbocycles. The number of pyridine rings is 1. The van der Waals surface area contributed by atoms with Gasteiger partial charge in [0.1, 0.15) is 5.82 Å². The Bertz CT molecular complexity index is 434. The topological polar surface area (TPSA) is 28.2 Å². The third-order valence-electron chi connectivity index (χ3n) is 3.50. The van der Waals surface area contributed by atoms with Crippen molar-refractivity contribution in [1.29, 1.82) is 0 Å². The highest BCUT2D eigenvalue weighted by Crippen LogP contribution is 2.31. The van der Waals surface area contributed by atoms with E-state index in [9.17, 15) is 13.2 Å². The molecule has 2 heterocycles. The summed E-state index contributed by atoms with van der Waals surface area (Å²) in [6, 6.07) is 2.49. The van der Waals surface area contributed by atoms with Gasteiger partial charge in [-0.1, -0.05) is 6.92 Å². The summed E-state index contributed by atoms with van der Waals surface area (Å²) in [7, 11) is 0. The van der Waals surface area contributed by atoms with Gasteiger partial charge in [0.05, 0.1) is 5.56 Å². The van der Waals surface area contributed by atoms with Crippen molar-refractivity contribution in [2.45, 2.75) is 38.4 Å². The number of hydrogen-bond donors (Lipinski definition) is 1. The molecule has 1 saturated heterocycles. The summed E-state index contributed by atoms with van der Waals surface area (Å²) in [6.45, 7) is 4.52. The predicted octanol–water partition coefficient (Wildman–Crippen LogP) is 3.07. The number of alkyl halides is 3. The highest BCUT2D eigenvalue weighted by atomic mass is 19.4. The van der Waals surface area contributed by atoms with Crippen LogP contribution in [0.2, 0.25) is 0 Å². The van der Waals surface area contributed by atoms with Crippen molar-refractivity contribution in [2.24, 2.45) is 0 Å². The zero-order valence-electron chi connectivity index (χ0n) is 11.6. The summed E-state index contributed by atoms with van der Waals surface area (Å²) in [4.78, 5) is 6.03. The lowest BCUT2D eigenvalue weighted by Crippen LogP contribution is -2.46. The van der Waals surface area contributed by atoms with Gasteiger partial charge in [-0.05, 0) is 37.9 Å². The number of nitrogens with zero attached hydrogens (tertiary/aromatic N) is 2. The van der Waals surface area contributed by atoms with Gasteiger partial charge in [0, 0.05) is 25.3 Å². The minimum atomic E-state index is -4.31. The summed E-state index contributed by atoms with van der Waals surface area (Å²) in [5, 5.41) is 3.42. The van der Waals surface area contributed by atoms with E-state index in [0.717, 1.165) is 44.5 Å². The Kier molecular flexibility index (Phi) is 4.86. The van der Waals surface area contributed by atoms with Crippen LogP contribution in [0.5, 0.6) is 0 Å². The van der Waals surface area contributed by atoms with Gasteiger partial charge in [0.2, 0.25) is 0 Å². The molecule has 1 aromatic rings. The van der Waals surface area contributed by atoms with Crippen molar-refractivity contribution in [3.05, 3.63) is 23.9 Å². The van der Waals surface area contributed by atoms with E-state index in [1.54, 1.807) is 0 Å². The molecule has 6 heteroatoms. The van der Waals surface area contributed by atoms with Crippen molar-refractivity contribution in [1.82, 2.24) is 10.3 Å². The van der Waals surface area contributed by atoms with Crippen molar-refractivity contribution >= 4 is 5.82 Å². The van der Waals surface area contributed by atoms with Crippen molar-refractivity contribution in [2.75, 3.05) is 24.5 Å². The molecule has 1 atom stereocenters. The molecule has 1 aliphatic rings. The Labute approximate surface area is 117 Å². The smallest absolute Gasteiger partial charge is 0.355 e. The average molecular weight is 287 g/mol. The van der Waals surface area contributed by atoms with Gasteiger partial charge in [-0.25, -0.2) is 4.98 Å². The van der Waals surface area contributed by atoms with Gasteiger partial charge < -0.3 is 10.2 Å². The van der Waals surface area contributed by atoms with Gasteiger partial charge >= 0.3 is 6.18 Å². The van der Waals surface area contributed by atoms with Crippen LogP contribution in [0.15, 0.2) is 18.3 Å². The molecular formula is C14H20F3N3. The number of nitrogens with one attached hydrogen (secondary N) is 1. The first kappa shape index (κ1) is 15.1. The molecular weight excluding hydrogens is 267 g/mol. The van der Waals surface area contributed by atoms with Crippen LogP contribution in [0.1, 0.15) is 31.7 Å². The molecule has 1 aliphatic heterocycles. The fraction of sp³-hybridized carbons (Fsp3) is 0.643. The Balaban J connectivity index is 2.07. The molecule has 0 aromatic carbocycles. The van der Waals surface area contributed by atoms with Gasteiger partial charge in [-0.15, -0.1) is 0 Å². The number of aromatic nitrogens is 1. The van der Waals surface area contributed by atoms with Crippen LogP contribution in [0.3, 0.4) is 0 Å². The second kappa shape index (κ2) is 6.43. The van der Waals surface area contributed by atoms with Gasteiger partial charge in [0.25, 0.3) is 0 Å². The van der Waals surface area contributed by atoms with E-state index in [1.165, 1.54) is 6.20 Å². The molecule has 112 valence electrons. The summed E-state index contributed by atoms with van der Waals surface area (Å²) in [5.41, 5.74) is -0.633. The standard InChI is InChI=1S/C14H20F3N3/c1-2-6-18-12-4-3-8-20(10-12)13-9-11(5-7-19-13)14(15,16)17/h5,7,9,12,18H,2-4,6,8,10H2,1H3. The molecule has 0 spiro atoms. The fourth-order valence-corrected chi connectivity index (χ4v) is 2.47. The third-order valence-corrected chi connectivity index (χ3v) is 3.50. The Morgan fingerprint density at radius 1 is 1.45 bits per heavy atom. The summed E-state index contributed by atoms with van der Waals surface area (Å²) < 4.78 is 38.2. The fourth-order valence-electron chi connectivity index (χ4n) is 2.47. The van der Waals surface area contributed by atoms with Gasteiger partial charge in [-0.2, -0.15) is 13.2 Å². The number of halogens is 3. The highest BCUT2D eigenvalue weighted by Gasteiger charge is 2.31. The monoisotopic (exact) mass is 287 g/mol. The predicted molar refractivity (Wildman–Crippen MR) is 72.8 cm³/mol. The van der Waals surface area contributed by atoms with Crippen LogP contribution in [0, 0.1) is 0 Å². The van der Waals surface area contributed by atoms with Crippen LogP contribution in [0.25, 0.3) is 0 Å². The van der Waals surface area contributed by atoms with E-state index in [1.807, 2.05) is 4.90 Å². The largest absolute Gasteiger partial charge is 0.416 e. The molecule has 1 fully saturated rings. The molecule has 0 radical (unpaired) electrons. The molecule has 0 amide bonds. The first-order valence-corrected chi connectivity index (χ1v) is 7.02. The lowest BCUT2D eigenvalue weighted by molar-refractivity contribution is -0.137. The Hall–Kier alpha value is -1.30. The zero-order valence-corrected chi connectivity index (χ0v) is 11.6. The van der Waals surface area contributed by atoms with E-state index in [2.05, 4.69) is 17.2 Å². The van der Waals surface area contributed by atoms with E-state index in [0.29, 0.717) is 18.4 Å². The maximum atomic E-state index is 12.7. The minimum absolute atomic E-state index is 0.333. The van der Waals surface area contributed by atoms with Crippen LogP contribution in [0.4, 0.5) is 19.0 Å². The summed E-state index contributed by atoms with van der Waals surface area (Å²) >= 11 is 0. The normalized spacial score (nSPS) is 20.2. The quantitative estimate of drug-likeness (QED) is 0.922. The SMILES string of the molecule is CCCNC1CCCN(c2cc(C(F)(F)F)ccn2)C1. The second-order valence-corrected chi connectivity index (χ2v) is 5.14. The van der Waals surface area contributed by atoms with Gasteiger partial charge in [0.15, 0.2) is 0 Å². The second-order valence-electron chi connectivity index (χ2n) is 5.14. The maximum Gasteiger partial charge on any atom is 0.416 e. The van der Waals surface area contributed by atoms with E-state index in [-0.39, 0.29) is 0 Å². The van der Waals surface area contributed by atoms with Crippen LogP contribution in [-0.4, -0.2) is 30.7 Å². The number of hydrogen-bond acceptors (Lipinski definition) is 3. The summed E-state index contributed by atoms with van der Waals surface area (Å²) in [6.07, 6.45) is 0.0155. The lowest BCUT2D eigenvalue weighted by Gasteiger charge is -2.34. The molecule has 0 saturated carbocycles. The van der Waals surface area contributed by atoms with Crippen LogP contribution >= 0.6 is 0 Å². The minimum Gasteiger partial charge on any atom is -0.355 e. The first-order chi connectivity index (χ1) is 9.50. The van der Waals surface area contributed by atoms with Crippen LogP contribution in [-0.2, 0) is 6.18 Å². The molecule has 20 heavy (non-hydrogen) atoms. The molecule has 1 unspecified atom stereocenters. The summed E-state index contributed by atoms with van der Waals surface area (Å²) in [5.74, 6) is 0.419. The van der Waals surface area contributed by atoms with Crippen LogP contribution < -0.4 is 10.2 Å². The highest BCUT2D eigenvalue weighted by molar-refractivity contribution is 5.42.